The van der Waals surface area contributed by atoms with Gasteiger partial charge in [0.2, 0.25) is 5.91 Å². The van der Waals surface area contributed by atoms with Crippen molar-refractivity contribution in [1.82, 2.24) is 14.8 Å². The summed E-state index contributed by atoms with van der Waals surface area (Å²) in [6.07, 6.45) is 3.61. The number of hydrogen-bond donors (Lipinski definition) is 2. The minimum Gasteiger partial charge on any atom is -0.488 e. The lowest BCUT2D eigenvalue weighted by Gasteiger charge is -2.38. The molecule has 0 saturated carbocycles. The molecule has 2 heterocycles. The number of pyridine rings is 1. The van der Waals surface area contributed by atoms with Crippen LogP contribution in [-0.2, 0) is 17.8 Å². The molecule has 2 amide bonds. The fourth-order valence-corrected chi connectivity index (χ4v) is 4.68. The Bertz CT molecular complexity index is 1220. The SMILES string of the molecule is C[C@H](CO)N1C[C@H](C)[C@H](CN(C)Cc2ccncc2)Oc2ccc(NC(=O)Cc3ccccc3)cc2C1=O. The van der Waals surface area contributed by atoms with E-state index in [0.29, 0.717) is 30.1 Å². The number of benzene rings is 2. The Morgan fingerprint density at radius 2 is 1.89 bits per heavy atom. The van der Waals surface area contributed by atoms with Crippen molar-refractivity contribution in [2.45, 2.75) is 39.0 Å². The van der Waals surface area contributed by atoms with E-state index < -0.39 is 0 Å². The van der Waals surface area contributed by atoms with Crippen LogP contribution in [0.1, 0.15) is 35.3 Å². The lowest BCUT2D eigenvalue weighted by atomic mass is 9.99. The summed E-state index contributed by atoms with van der Waals surface area (Å²) in [5.41, 5.74) is 2.96. The molecule has 38 heavy (non-hydrogen) atoms. The molecule has 200 valence electrons. The summed E-state index contributed by atoms with van der Waals surface area (Å²) in [4.78, 5) is 34.3. The zero-order valence-electron chi connectivity index (χ0n) is 22.2. The summed E-state index contributed by atoms with van der Waals surface area (Å²) in [5.74, 6) is 0.0997. The van der Waals surface area contributed by atoms with Gasteiger partial charge in [-0.2, -0.15) is 0 Å². The number of aliphatic hydroxyl groups is 1. The van der Waals surface area contributed by atoms with E-state index >= 15 is 0 Å². The highest BCUT2D eigenvalue weighted by Gasteiger charge is 2.33. The summed E-state index contributed by atoms with van der Waals surface area (Å²) in [7, 11) is 2.04. The molecule has 8 heteroatoms. The maximum Gasteiger partial charge on any atom is 0.258 e. The number of nitrogens with one attached hydrogen (secondary N) is 1. The molecule has 0 saturated heterocycles. The van der Waals surface area contributed by atoms with Crippen LogP contribution in [-0.4, -0.2) is 70.6 Å². The molecule has 1 aromatic heterocycles. The van der Waals surface area contributed by atoms with Crippen molar-refractivity contribution in [3.8, 4) is 5.75 Å². The minimum absolute atomic E-state index is 0.0197. The van der Waals surface area contributed by atoms with Crippen molar-refractivity contribution < 1.29 is 19.4 Å². The fourth-order valence-electron chi connectivity index (χ4n) is 4.68. The lowest BCUT2D eigenvalue weighted by molar-refractivity contribution is -0.115. The van der Waals surface area contributed by atoms with Crippen molar-refractivity contribution in [2.75, 3.05) is 32.1 Å². The van der Waals surface area contributed by atoms with Gasteiger partial charge in [0.15, 0.2) is 0 Å². The van der Waals surface area contributed by atoms with Gasteiger partial charge in [-0.15, -0.1) is 0 Å². The predicted molar refractivity (Wildman–Crippen MR) is 147 cm³/mol. The number of rotatable bonds is 9. The molecule has 0 fully saturated rings. The Morgan fingerprint density at radius 3 is 2.61 bits per heavy atom. The predicted octanol–water partition coefficient (Wildman–Crippen LogP) is 3.61. The number of hydrogen-bond acceptors (Lipinski definition) is 6. The third-order valence-corrected chi connectivity index (χ3v) is 6.85. The smallest absolute Gasteiger partial charge is 0.258 e. The molecule has 0 spiro atoms. The van der Waals surface area contributed by atoms with Crippen LogP contribution < -0.4 is 10.1 Å². The molecule has 3 atom stereocenters. The zero-order valence-corrected chi connectivity index (χ0v) is 22.2. The number of carbonyl (C=O) groups excluding carboxylic acids is 2. The molecule has 8 nitrogen and oxygen atoms in total. The highest BCUT2D eigenvalue weighted by molar-refractivity contribution is 6.00. The summed E-state index contributed by atoms with van der Waals surface area (Å²) in [6.45, 7) is 5.59. The molecule has 0 aliphatic carbocycles. The van der Waals surface area contributed by atoms with E-state index in [4.69, 9.17) is 4.74 Å². The van der Waals surface area contributed by atoms with Gasteiger partial charge < -0.3 is 20.1 Å². The third kappa shape index (κ3) is 6.96. The summed E-state index contributed by atoms with van der Waals surface area (Å²) >= 11 is 0. The van der Waals surface area contributed by atoms with E-state index in [9.17, 15) is 14.7 Å². The van der Waals surface area contributed by atoms with E-state index in [1.165, 1.54) is 0 Å². The highest BCUT2D eigenvalue weighted by Crippen LogP contribution is 2.31. The number of nitrogens with zero attached hydrogens (tertiary/aromatic N) is 3. The van der Waals surface area contributed by atoms with Crippen LogP contribution in [0.3, 0.4) is 0 Å². The Balaban J connectivity index is 1.56. The number of anilines is 1. The first kappa shape index (κ1) is 27.3. The average Bonchev–Trinajstić information content (AvgIpc) is 2.91. The van der Waals surface area contributed by atoms with Gasteiger partial charge in [-0.3, -0.25) is 19.5 Å². The fraction of sp³-hybridized carbons (Fsp3) is 0.367. The van der Waals surface area contributed by atoms with Crippen LogP contribution in [0.4, 0.5) is 5.69 Å². The summed E-state index contributed by atoms with van der Waals surface area (Å²) < 4.78 is 6.47. The van der Waals surface area contributed by atoms with Gasteiger partial charge in [0.05, 0.1) is 24.6 Å². The summed E-state index contributed by atoms with van der Waals surface area (Å²) in [6, 6.07) is 18.3. The van der Waals surface area contributed by atoms with Gasteiger partial charge in [-0.05, 0) is 55.4 Å². The number of carbonyl (C=O) groups is 2. The third-order valence-electron chi connectivity index (χ3n) is 6.85. The van der Waals surface area contributed by atoms with Crippen LogP contribution in [0.15, 0.2) is 73.1 Å². The maximum absolute atomic E-state index is 13.6. The number of ether oxygens (including phenoxy) is 1. The molecule has 0 bridgehead atoms. The van der Waals surface area contributed by atoms with Crippen molar-refractivity contribution in [3.05, 3.63) is 89.7 Å². The second kappa shape index (κ2) is 12.7. The second-order valence-electron chi connectivity index (χ2n) is 10.1. The van der Waals surface area contributed by atoms with Crippen molar-refractivity contribution in [3.63, 3.8) is 0 Å². The van der Waals surface area contributed by atoms with Gasteiger partial charge in [0.25, 0.3) is 5.91 Å². The Labute approximate surface area is 224 Å². The number of amides is 2. The topological polar surface area (TPSA) is 95.0 Å². The Morgan fingerprint density at radius 1 is 1.16 bits per heavy atom. The Kier molecular flexibility index (Phi) is 9.10. The normalized spacial score (nSPS) is 18.2. The molecule has 1 aliphatic rings. The number of fused-ring (bicyclic) bond motifs is 1. The van der Waals surface area contributed by atoms with Crippen LogP contribution in [0.5, 0.6) is 5.75 Å². The molecular formula is C30H36N4O4. The Hall–Kier alpha value is -3.75. The highest BCUT2D eigenvalue weighted by atomic mass is 16.5. The van der Waals surface area contributed by atoms with Gasteiger partial charge in [-0.25, -0.2) is 0 Å². The largest absolute Gasteiger partial charge is 0.488 e. The van der Waals surface area contributed by atoms with E-state index in [1.807, 2.05) is 56.4 Å². The molecule has 1 aliphatic heterocycles. The van der Waals surface area contributed by atoms with E-state index in [-0.39, 0.29) is 42.9 Å². The van der Waals surface area contributed by atoms with Crippen LogP contribution in [0, 0.1) is 5.92 Å². The standard InChI is InChI=1S/C30H36N4O4/c1-21-17-34(22(2)20-35)30(37)26-16-25(32-29(36)15-23-7-5-4-6-8-23)9-10-27(26)38-28(21)19-33(3)18-24-11-13-31-14-12-24/h4-14,16,21-22,28,35H,15,17-20H2,1-3H3,(H,32,36)/t21-,22+,28-/m0/s1. The van der Waals surface area contributed by atoms with E-state index in [2.05, 4.69) is 22.1 Å². The average molecular weight is 517 g/mol. The molecule has 4 rings (SSSR count). The first-order valence-corrected chi connectivity index (χ1v) is 13.0. The maximum atomic E-state index is 13.6. The first-order chi connectivity index (χ1) is 18.3. The second-order valence-corrected chi connectivity index (χ2v) is 10.1. The molecule has 2 N–H and O–H groups in total. The van der Waals surface area contributed by atoms with Crippen molar-refractivity contribution in [1.29, 1.82) is 0 Å². The molecule has 3 aromatic rings. The minimum atomic E-state index is -0.359. The number of aromatic nitrogens is 1. The van der Waals surface area contributed by atoms with E-state index in [1.54, 1.807) is 35.5 Å². The summed E-state index contributed by atoms with van der Waals surface area (Å²) in [5, 5.41) is 12.8. The van der Waals surface area contributed by atoms with Gasteiger partial charge in [0, 0.05) is 43.6 Å². The molecule has 2 aromatic carbocycles. The van der Waals surface area contributed by atoms with Gasteiger partial charge >= 0.3 is 0 Å². The van der Waals surface area contributed by atoms with E-state index in [0.717, 1.165) is 17.7 Å². The molecule has 0 unspecified atom stereocenters. The quantitative estimate of drug-likeness (QED) is 0.451. The van der Waals surface area contributed by atoms with Crippen molar-refractivity contribution in [2.24, 2.45) is 5.92 Å². The van der Waals surface area contributed by atoms with Crippen LogP contribution in [0.25, 0.3) is 0 Å². The zero-order chi connectivity index (χ0) is 27.1. The van der Waals surface area contributed by atoms with Crippen molar-refractivity contribution >= 4 is 17.5 Å². The number of likely N-dealkylation sites (N-methyl/N-ethyl adjacent to an activating group) is 1. The van der Waals surface area contributed by atoms with Gasteiger partial charge in [-0.1, -0.05) is 37.3 Å². The van der Waals surface area contributed by atoms with Crippen LogP contribution in [0.2, 0.25) is 0 Å². The molecular weight excluding hydrogens is 480 g/mol. The monoisotopic (exact) mass is 516 g/mol. The first-order valence-electron chi connectivity index (χ1n) is 13.0. The number of aliphatic hydroxyl groups excluding tert-OH is 1. The van der Waals surface area contributed by atoms with Crippen LogP contribution >= 0.6 is 0 Å². The lowest BCUT2D eigenvalue weighted by Crippen LogP contribution is -2.49. The van der Waals surface area contributed by atoms with Gasteiger partial charge in [0.1, 0.15) is 11.9 Å². The molecule has 0 radical (unpaired) electrons.